The number of hydrogen-bond donors (Lipinski definition) is 1. The molecule has 5 nitrogen and oxygen atoms in total. The number of benzene rings is 3. The van der Waals surface area contributed by atoms with Crippen molar-refractivity contribution in [2.75, 3.05) is 0 Å². The minimum absolute atomic E-state index is 0.0526. The first-order chi connectivity index (χ1) is 18.5. The SMILES string of the molecule is CCC(=O)NCc1ccc(-c2ccccc2)cc1-c1ccc(Cn2c(CC)nc3c(C)cc(C)nc32)cc1. The third kappa shape index (κ3) is 5.23. The highest BCUT2D eigenvalue weighted by Gasteiger charge is 2.14. The van der Waals surface area contributed by atoms with Crippen LogP contribution in [0.5, 0.6) is 0 Å². The second-order valence-electron chi connectivity index (χ2n) is 9.79. The third-order valence-electron chi connectivity index (χ3n) is 7.04. The Morgan fingerprint density at radius 1 is 0.842 bits per heavy atom. The van der Waals surface area contributed by atoms with Gasteiger partial charge in [-0.25, -0.2) is 9.97 Å². The summed E-state index contributed by atoms with van der Waals surface area (Å²) in [7, 11) is 0. The topological polar surface area (TPSA) is 59.8 Å². The number of pyridine rings is 1. The number of rotatable bonds is 8. The lowest BCUT2D eigenvalue weighted by Crippen LogP contribution is -2.21. The minimum atomic E-state index is 0.0526. The van der Waals surface area contributed by atoms with Gasteiger partial charge in [-0.15, -0.1) is 0 Å². The quantitative estimate of drug-likeness (QED) is 0.248. The molecule has 192 valence electrons. The van der Waals surface area contributed by atoms with Crippen LogP contribution in [0.25, 0.3) is 33.4 Å². The fourth-order valence-electron chi connectivity index (χ4n) is 4.98. The van der Waals surface area contributed by atoms with Crippen molar-refractivity contribution in [1.82, 2.24) is 19.9 Å². The number of nitrogens with zero attached hydrogens (tertiary/aromatic N) is 3. The molecule has 5 rings (SSSR count). The molecule has 0 aliphatic heterocycles. The van der Waals surface area contributed by atoms with E-state index in [1.165, 1.54) is 11.1 Å². The Balaban J connectivity index is 1.49. The Kier molecular flexibility index (Phi) is 7.36. The highest BCUT2D eigenvalue weighted by Crippen LogP contribution is 2.30. The molecule has 0 aliphatic rings. The summed E-state index contributed by atoms with van der Waals surface area (Å²) < 4.78 is 2.24. The number of carbonyl (C=O) groups is 1. The number of imidazole rings is 1. The van der Waals surface area contributed by atoms with Crippen LogP contribution in [-0.2, 0) is 24.3 Å². The predicted octanol–water partition coefficient (Wildman–Crippen LogP) is 7.02. The summed E-state index contributed by atoms with van der Waals surface area (Å²) in [6.07, 6.45) is 1.33. The van der Waals surface area contributed by atoms with Crippen LogP contribution in [0, 0.1) is 13.8 Å². The van der Waals surface area contributed by atoms with E-state index in [0.29, 0.717) is 13.0 Å². The number of hydrogen-bond acceptors (Lipinski definition) is 3. The standard InChI is InChI=1S/C33H34N4O/c1-5-30-36-32-22(3)18-23(4)35-33(32)37(30)21-24-12-14-26(15-13-24)29-19-27(25-10-8-7-9-11-25)16-17-28(29)20-34-31(38)6-2/h7-19H,5-6,20-21H2,1-4H3,(H,34,38). The molecule has 1 N–H and O–H groups in total. The van der Waals surface area contributed by atoms with Crippen LogP contribution in [0.2, 0.25) is 0 Å². The molecule has 0 atom stereocenters. The van der Waals surface area contributed by atoms with Gasteiger partial charge < -0.3 is 9.88 Å². The first-order valence-corrected chi connectivity index (χ1v) is 13.3. The molecule has 5 aromatic rings. The minimum Gasteiger partial charge on any atom is -0.352 e. The molecule has 5 heteroatoms. The summed E-state index contributed by atoms with van der Waals surface area (Å²) >= 11 is 0. The van der Waals surface area contributed by atoms with E-state index in [-0.39, 0.29) is 5.91 Å². The zero-order valence-electron chi connectivity index (χ0n) is 22.6. The smallest absolute Gasteiger partial charge is 0.219 e. The van der Waals surface area contributed by atoms with E-state index in [9.17, 15) is 4.79 Å². The number of fused-ring (bicyclic) bond motifs is 1. The average molecular weight is 503 g/mol. The molecule has 0 aliphatic carbocycles. The van der Waals surface area contributed by atoms with Gasteiger partial charge in [-0.05, 0) is 64.9 Å². The van der Waals surface area contributed by atoms with Crippen LogP contribution in [-0.4, -0.2) is 20.4 Å². The van der Waals surface area contributed by atoms with Gasteiger partial charge in [0.2, 0.25) is 5.91 Å². The first-order valence-electron chi connectivity index (χ1n) is 13.3. The Labute approximate surface area is 224 Å². The maximum absolute atomic E-state index is 12.0. The van der Waals surface area contributed by atoms with E-state index >= 15 is 0 Å². The van der Waals surface area contributed by atoms with Crippen molar-refractivity contribution < 1.29 is 4.79 Å². The number of amides is 1. The summed E-state index contributed by atoms with van der Waals surface area (Å²) in [5.41, 5.74) is 11.0. The molecule has 0 spiro atoms. The highest BCUT2D eigenvalue weighted by molar-refractivity contribution is 5.79. The van der Waals surface area contributed by atoms with Gasteiger partial charge in [0.15, 0.2) is 5.65 Å². The highest BCUT2D eigenvalue weighted by atomic mass is 16.1. The Morgan fingerprint density at radius 3 is 2.29 bits per heavy atom. The maximum Gasteiger partial charge on any atom is 0.219 e. The zero-order valence-corrected chi connectivity index (χ0v) is 22.6. The largest absolute Gasteiger partial charge is 0.352 e. The molecule has 0 saturated heterocycles. The van der Waals surface area contributed by atoms with E-state index in [4.69, 9.17) is 9.97 Å². The molecular formula is C33H34N4O. The van der Waals surface area contributed by atoms with Crippen molar-refractivity contribution in [3.05, 3.63) is 107 Å². The third-order valence-corrected chi connectivity index (χ3v) is 7.04. The van der Waals surface area contributed by atoms with Crippen LogP contribution < -0.4 is 5.32 Å². The maximum atomic E-state index is 12.0. The fourth-order valence-corrected chi connectivity index (χ4v) is 4.98. The number of nitrogens with one attached hydrogen (secondary N) is 1. The van der Waals surface area contributed by atoms with Gasteiger partial charge >= 0.3 is 0 Å². The van der Waals surface area contributed by atoms with E-state index < -0.39 is 0 Å². The molecule has 38 heavy (non-hydrogen) atoms. The van der Waals surface area contributed by atoms with Crippen molar-refractivity contribution in [3.63, 3.8) is 0 Å². The Bertz CT molecular complexity index is 1580. The van der Waals surface area contributed by atoms with Crippen molar-refractivity contribution in [3.8, 4) is 22.3 Å². The summed E-state index contributed by atoms with van der Waals surface area (Å²) in [5.74, 6) is 1.10. The van der Waals surface area contributed by atoms with E-state index in [1.807, 2.05) is 19.9 Å². The predicted molar refractivity (Wildman–Crippen MR) is 155 cm³/mol. The summed E-state index contributed by atoms with van der Waals surface area (Å²) in [6.45, 7) is 9.38. The van der Waals surface area contributed by atoms with Crippen LogP contribution in [0.4, 0.5) is 0 Å². The number of aromatic nitrogens is 3. The summed E-state index contributed by atoms with van der Waals surface area (Å²) in [6, 6.07) is 27.7. The van der Waals surface area contributed by atoms with Gasteiger partial charge in [0, 0.05) is 25.1 Å². The Hall–Kier alpha value is -4.25. The molecule has 2 aromatic heterocycles. The molecule has 0 saturated carbocycles. The van der Waals surface area contributed by atoms with Crippen molar-refractivity contribution in [1.29, 1.82) is 0 Å². The first kappa shape index (κ1) is 25.4. The van der Waals surface area contributed by atoms with Crippen LogP contribution in [0.15, 0.2) is 78.9 Å². The van der Waals surface area contributed by atoms with Crippen molar-refractivity contribution in [2.24, 2.45) is 0 Å². The molecule has 1 amide bonds. The lowest BCUT2D eigenvalue weighted by atomic mass is 9.94. The molecule has 3 aromatic carbocycles. The van der Waals surface area contributed by atoms with Crippen molar-refractivity contribution in [2.45, 2.75) is 53.6 Å². The molecule has 2 heterocycles. The molecule has 0 bridgehead atoms. The normalized spacial score (nSPS) is 11.2. The molecule has 0 fully saturated rings. The average Bonchev–Trinajstić information content (AvgIpc) is 3.30. The molecular weight excluding hydrogens is 468 g/mol. The van der Waals surface area contributed by atoms with Crippen LogP contribution in [0.3, 0.4) is 0 Å². The van der Waals surface area contributed by atoms with Crippen LogP contribution >= 0.6 is 0 Å². The number of carbonyl (C=O) groups excluding carboxylic acids is 1. The molecule has 0 radical (unpaired) electrons. The molecule has 0 unspecified atom stereocenters. The lowest BCUT2D eigenvalue weighted by Gasteiger charge is -2.14. The summed E-state index contributed by atoms with van der Waals surface area (Å²) in [5, 5.41) is 3.04. The second-order valence-corrected chi connectivity index (χ2v) is 9.79. The van der Waals surface area contributed by atoms with Gasteiger partial charge in [0.05, 0.1) is 6.54 Å². The van der Waals surface area contributed by atoms with E-state index in [1.54, 1.807) is 0 Å². The van der Waals surface area contributed by atoms with E-state index in [2.05, 4.69) is 96.5 Å². The zero-order chi connectivity index (χ0) is 26.6. The van der Waals surface area contributed by atoms with Gasteiger partial charge in [-0.3, -0.25) is 4.79 Å². The van der Waals surface area contributed by atoms with Gasteiger partial charge in [0.1, 0.15) is 11.3 Å². The lowest BCUT2D eigenvalue weighted by molar-refractivity contribution is -0.120. The van der Waals surface area contributed by atoms with Crippen LogP contribution in [0.1, 0.15) is 48.5 Å². The van der Waals surface area contributed by atoms with Crippen molar-refractivity contribution >= 4 is 17.1 Å². The monoisotopic (exact) mass is 502 g/mol. The van der Waals surface area contributed by atoms with Gasteiger partial charge in [0.25, 0.3) is 0 Å². The second kappa shape index (κ2) is 11.0. The van der Waals surface area contributed by atoms with Gasteiger partial charge in [-0.1, -0.05) is 80.6 Å². The fraction of sp³-hybridized carbons (Fsp3) is 0.242. The summed E-state index contributed by atoms with van der Waals surface area (Å²) in [4.78, 5) is 21.7. The van der Waals surface area contributed by atoms with Gasteiger partial charge in [-0.2, -0.15) is 0 Å². The Morgan fingerprint density at radius 2 is 1.58 bits per heavy atom. The number of aryl methyl sites for hydroxylation is 3. The van der Waals surface area contributed by atoms with E-state index in [0.717, 1.165) is 63.5 Å².